The highest BCUT2D eigenvalue weighted by Crippen LogP contribution is 2.19. The van der Waals surface area contributed by atoms with E-state index in [1.165, 1.54) is 308 Å². The lowest BCUT2D eigenvalue weighted by atomic mass is 10.0. The van der Waals surface area contributed by atoms with Crippen molar-refractivity contribution in [3.63, 3.8) is 0 Å². The third kappa shape index (κ3) is 63.4. The number of allylic oxidation sites excluding steroid dienone is 4. The van der Waals surface area contributed by atoms with Crippen molar-refractivity contribution in [3.8, 4) is 0 Å². The van der Waals surface area contributed by atoms with Crippen molar-refractivity contribution in [1.82, 2.24) is 5.32 Å². The summed E-state index contributed by atoms with van der Waals surface area (Å²) < 4.78 is 5.49. The SMILES string of the molecule is CCCCC/C=C\C/C=C\CCCCCCCC(=O)OCCCCCCCCCCCCCCCCCCCCCCCCCCCCC(=O)NC(CO)C(O)CCCCCCCCCCCCCCCCCCCCC. The molecule has 456 valence electrons. The first kappa shape index (κ1) is 75.3. The molecule has 2 atom stereocenters. The fraction of sp³-hybridized carbons (Fsp3) is 0.915. The Morgan fingerprint density at radius 2 is 0.649 bits per heavy atom. The fourth-order valence-electron chi connectivity index (χ4n) is 11.1. The van der Waals surface area contributed by atoms with Crippen LogP contribution >= 0.6 is 0 Å². The standard InChI is InChI=1S/C71H137NO5/c1-3-5-7-9-11-13-15-17-19-20-29-32-36-39-43-47-51-55-59-63-69(74)68(67-73)72-70(75)64-60-56-52-48-44-40-37-33-30-27-25-23-21-22-24-26-28-31-34-38-42-46-50-54-58-62-66-77-71(76)65-61-57-53-49-45-41-35-18-16-14-12-10-8-6-4-2/h12,14,18,35,68-69,73-74H,3-11,13,15-17,19-34,36-67H2,1-2H3,(H,72,75)/b14-12-,35-18-. The van der Waals surface area contributed by atoms with Gasteiger partial charge in [0.2, 0.25) is 5.91 Å². The molecule has 0 aliphatic carbocycles. The summed E-state index contributed by atoms with van der Waals surface area (Å²) in [5.74, 6) is -0.0248. The van der Waals surface area contributed by atoms with Gasteiger partial charge >= 0.3 is 5.97 Å². The Balaban J connectivity index is 3.36. The summed E-state index contributed by atoms with van der Waals surface area (Å²) in [6, 6.07) is -0.540. The summed E-state index contributed by atoms with van der Waals surface area (Å²) in [4.78, 5) is 24.6. The van der Waals surface area contributed by atoms with E-state index < -0.39 is 12.1 Å². The maximum absolute atomic E-state index is 12.5. The number of carbonyl (C=O) groups is 2. The molecule has 0 saturated carbocycles. The lowest BCUT2D eigenvalue weighted by Gasteiger charge is -2.22. The van der Waals surface area contributed by atoms with Gasteiger partial charge in [-0.2, -0.15) is 0 Å². The molecular formula is C71H137NO5. The minimum absolute atomic E-state index is 0.00400. The Morgan fingerprint density at radius 3 is 1.01 bits per heavy atom. The van der Waals surface area contributed by atoms with Gasteiger partial charge in [0.05, 0.1) is 25.4 Å². The molecule has 0 aromatic rings. The van der Waals surface area contributed by atoms with Crippen molar-refractivity contribution in [2.45, 2.75) is 405 Å². The smallest absolute Gasteiger partial charge is 0.305 e. The summed E-state index contributed by atoms with van der Waals surface area (Å²) in [7, 11) is 0. The van der Waals surface area contributed by atoms with E-state index in [9.17, 15) is 19.8 Å². The van der Waals surface area contributed by atoms with Crippen LogP contribution in [0.25, 0.3) is 0 Å². The van der Waals surface area contributed by atoms with Gasteiger partial charge < -0.3 is 20.3 Å². The van der Waals surface area contributed by atoms with Crippen LogP contribution in [0.1, 0.15) is 393 Å². The van der Waals surface area contributed by atoms with Crippen LogP contribution in [0.3, 0.4) is 0 Å². The van der Waals surface area contributed by atoms with E-state index in [1.54, 1.807) is 0 Å². The average molecular weight is 1080 g/mol. The number of aliphatic hydroxyl groups excluding tert-OH is 2. The molecule has 0 rings (SSSR count). The molecule has 0 aliphatic heterocycles. The average Bonchev–Trinajstić information content (AvgIpc) is 3.43. The topological polar surface area (TPSA) is 95.9 Å². The Kier molecular flexibility index (Phi) is 65.4. The molecular weight excluding hydrogens is 947 g/mol. The predicted molar refractivity (Wildman–Crippen MR) is 338 cm³/mol. The number of unbranched alkanes of at least 4 members (excludes halogenated alkanes) is 51. The van der Waals surface area contributed by atoms with Gasteiger partial charge in [-0.25, -0.2) is 0 Å². The molecule has 0 heterocycles. The minimum Gasteiger partial charge on any atom is -0.466 e. The van der Waals surface area contributed by atoms with Crippen LogP contribution in [0.15, 0.2) is 24.3 Å². The molecule has 0 aliphatic rings. The van der Waals surface area contributed by atoms with Crippen LogP contribution in [0, 0.1) is 0 Å². The largest absolute Gasteiger partial charge is 0.466 e. The maximum Gasteiger partial charge on any atom is 0.305 e. The molecule has 3 N–H and O–H groups in total. The molecule has 2 unspecified atom stereocenters. The van der Waals surface area contributed by atoms with Gasteiger partial charge in [-0.05, 0) is 57.8 Å². The number of hydrogen-bond donors (Lipinski definition) is 3. The predicted octanol–water partition coefficient (Wildman–Crippen LogP) is 22.5. The lowest BCUT2D eigenvalue weighted by Crippen LogP contribution is -2.45. The zero-order valence-electron chi connectivity index (χ0n) is 52.2. The van der Waals surface area contributed by atoms with Crippen molar-refractivity contribution in [2.75, 3.05) is 13.2 Å². The molecule has 6 heteroatoms. The van der Waals surface area contributed by atoms with E-state index in [0.717, 1.165) is 51.4 Å². The number of ether oxygens (including phenoxy) is 1. The van der Waals surface area contributed by atoms with Crippen LogP contribution in [-0.4, -0.2) is 47.4 Å². The highest BCUT2D eigenvalue weighted by molar-refractivity contribution is 5.76. The van der Waals surface area contributed by atoms with E-state index in [4.69, 9.17) is 4.74 Å². The van der Waals surface area contributed by atoms with Gasteiger partial charge in [0, 0.05) is 12.8 Å². The Bertz CT molecular complexity index is 1200. The first-order valence-corrected chi connectivity index (χ1v) is 35.1. The summed E-state index contributed by atoms with van der Waals surface area (Å²) in [6.07, 6.45) is 83.6. The minimum atomic E-state index is -0.663. The van der Waals surface area contributed by atoms with Gasteiger partial charge in [-0.1, -0.05) is 346 Å². The fourth-order valence-corrected chi connectivity index (χ4v) is 11.1. The van der Waals surface area contributed by atoms with Crippen LogP contribution in [0.4, 0.5) is 0 Å². The summed E-state index contributed by atoms with van der Waals surface area (Å²) >= 11 is 0. The first-order valence-electron chi connectivity index (χ1n) is 35.1. The van der Waals surface area contributed by atoms with Crippen molar-refractivity contribution in [2.24, 2.45) is 0 Å². The van der Waals surface area contributed by atoms with Crippen molar-refractivity contribution in [1.29, 1.82) is 0 Å². The number of nitrogens with one attached hydrogen (secondary N) is 1. The molecule has 0 aromatic carbocycles. The lowest BCUT2D eigenvalue weighted by molar-refractivity contribution is -0.143. The highest BCUT2D eigenvalue weighted by Gasteiger charge is 2.20. The molecule has 1 amide bonds. The quantitative estimate of drug-likeness (QED) is 0.0320. The van der Waals surface area contributed by atoms with Crippen LogP contribution in [-0.2, 0) is 14.3 Å². The number of carbonyl (C=O) groups excluding carboxylic acids is 2. The van der Waals surface area contributed by atoms with Crippen molar-refractivity contribution >= 4 is 11.9 Å². The second-order valence-corrected chi connectivity index (χ2v) is 24.2. The summed E-state index contributed by atoms with van der Waals surface area (Å²) in [6.45, 7) is 4.96. The maximum atomic E-state index is 12.5. The second kappa shape index (κ2) is 66.8. The number of hydrogen-bond acceptors (Lipinski definition) is 5. The molecule has 0 fully saturated rings. The molecule has 0 bridgehead atoms. The van der Waals surface area contributed by atoms with Gasteiger partial charge in [0.25, 0.3) is 0 Å². The third-order valence-corrected chi connectivity index (χ3v) is 16.5. The monoisotopic (exact) mass is 1080 g/mol. The molecule has 0 saturated heterocycles. The number of aliphatic hydroxyl groups is 2. The van der Waals surface area contributed by atoms with Gasteiger partial charge in [-0.15, -0.1) is 0 Å². The zero-order chi connectivity index (χ0) is 55.7. The molecule has 77 heavy (non-hydrogen) atoms. The normalized spacial score (nSPS) is 12.6. The molecule has 0 aromatic heterocycles. The van der Waals surface area contributed by atoms with Crippen molar-refractivity contribution in [3.05, 3.63) is 24.3 Å². The zero-order valence-corrected chi connectivity index (χ0v) is 52.2. The summed E-state index contributed by atoms with van der Waals surface area (Å²) in [5, 5.41) is 23.4. The number of esters is 1. The third-order valence-electron chi connectivity index (χ3n) is 16.5. The first-order chi connectivity index (χ1) is 38.0. The molecule has 0 spiro atoms. The Morgan fingerprint density at radius 1 is 0.364 bits per heavy atom. The van der Waals surface area contributed by atoms with Crippen molar-refractivity contribution < 1.29 is 24.5 Å². The number of rotatable bonds is 66. The van der Waals surface area contributed by atoms with Crippen LogP contribution in [0.2, 0.25) is 0 Å². The Labute approximate surface area is 481 Å². The number of amides is 1. The van der Waals surface area contributed by atoms with E-state index in [1.807, 2.05) is 0 Å². The van der Waals surface area contributed by atoms with E-state index in [2.05, 4.69) is 43.5 Å². The van der Waals surface area contributed by atoms with Gasteiger partial charge in [-0.3, -0.25) is 9.59 Å². The van der Waals surface area contributed by atoms with Gasteiger partial charge in [0.1, 0.15) is 0 Å². The van der Waals surface area contributed by atoms with Gasteiger partial charge in [0.15, 0.2) is 0 Å². The van der Waals surface area contributed by atoms with Crippen LogP contribution in [0.5, 0.6) is 0 Å². The molecule has 0 radical (unpaired) electrons. The van der Waals surface area contributed by atoms with E-state index in [0.29, 0.717) is 25.9 Å². The Hall–Kier alpha value is -1.66. The molecule has 6 nitrogen and oxygen atoms in total. The summed E-state index contributed by atoms with van der Waals surface area (Å²) in [5.41, 5.74) is 0. The highest BCUT2D eigenvalue weighted by atomic mass is 16.5. The van der Waals surface area contributed by atoms with E-state index >= 15 is 0 Å². The van der Waals surface area contributed by atoms with E-state index in [-0.39, 0.29) is 18.5 Å². The second-order valence-electron chi connectivity index (χ2n) is 24.2. The van der Waals surface area contributed by atoms with Crippen LogP contribution < -0.4 is 5.32 Å².